The molecule has 1 heterocycles. The number of hydrogen-bond acceptors (Lipinski definition) is 3. The number of nitrogens with zero attached hydrogens (tertiary/aromatic N) is 2. The SMILES string of the molecule is CNc1c(CSc2ccccc2F)c(C)nn1C. The van der Waals surface area contributed by atoms with E-state index in [9.17, 15) is 4.39 Å². The van der Waals surface area contributed by atoms with Gasteiger partial charge in [-0.1, -0.05) is 12.1 Å². The number of nitrogens with one attached hydrogen (secondary N) is 1. The Morgan fingerprint density at radius 1 is 1.39 bits per heavy atom. The number of rotatable bonds is 4. The lowest BCUT2D eigenvalue weighted by molar-refractivity contribution is 0.602. The summed E-state index contributed by atoms with van der Waals surface area (Å²) >= 11 is 1.49. The predicted octanol–water partition coefficient (Wildman–Crippen LogP) is 3.20. The zero-order chi connectivity index (χ0) is 13.1. The van der Waals surface area contributed by atoms with Gasteiger partial charge in [-0.05, 0) is 19.1 Å². The first-order valence-electron chi connectivity index (χ1n) is 5.71. The van der Waals surface area contributed by atoms with Crippen LogP contribution in [-0.2, 0) is 12.8 Å². The Balaban J connectivity index is 2.18. The van der Waals surface area contributed by atoms with E-state index in [1.165, 1.54) is 17.8 Å². The summed E-state index contributed by atoms with van der Waals surface area (Å²) in [4.78, 5) is 0.669. The quantitative estimate of drug-likeness (QED) is 0.861. The molecule has 0 amide bonds. The molecular formula is C13H16FN3S. The van der Waals surface area contributed by atoms with Crippen LogP contribution in [0.15, 0.2) is 29.2 Å². The summed E-state index contributed by atoms with van der Waals surface area (Å²) in [6.07, 6.45) is 0. The van der Waals surface area contributed by atoms with Crippen molar-refractivity contribution in [3.8, 4) is 0 Å². The Morgan fingerprint density at radius 2 is 2.11 bits per heavy atom. The number of halogens is 1. The Labute approximate surface area is 110 Å². The molecule has 1 N–H and O–H groups in total. The zero-order valence-corrected chi connectivity index (χ0v) is 11.5. The third kappa shape index (κ3) is 2.51. The van der Waals surface area contributed by atoms with Gasteiger partial charge < -0.3 is 5.32 Å². The molecule has 18 heavy (non-hydrogen) atoms. The van der Waals surface area contributed by atoms with Gasteiger partial charge in [-0.3, -0.25) is 4.68 Å². The molecule has 0 aliphatic heterocycles. The highest BCUT2D eigenvalue weighted by Gasteiger charge is 2.12. The summed E-state index contributed by atoms with van der Waals surface area (Å²) in [7, 11) is 3.77. The summed E-state index contributed by atoms with van der Waals surface area (Å²) in [6.45, 7) is 1.97. The van der Waals surface area contributed by atoms with Gasteiger partial charge in [-0.15, -0.1) is 11.8 Å². The number of benzene rings is 1. The Morgan fingerprint density at radius 3 is 2.78 bits per heavy atom. The average Bonchev–Trinajstić information content (AvgIpc) is 2.62. The summed E-state index contributed by atoms with van der Waals surface area (Å²) in [5.41, 5.74) is 2.10. The fraction of sp³-hybridized carbons (Fsp3) is 0.308. The first-order chi connectivity index (χ1) is 8.63. The normalized spacial score (nSPS) is 10.7. The van der Waals surface area contributed by atoms with Gasteiger partial charge in [0.2, 0.25) is 0 Å². The third-order valence-corrected chi connectivity index (χ3v) is 3.87. The second-order valence-electron chi connectivity index (χ2n) is 4.01. The lowest BCUT2D eigenvalue weighted by atomic mass is 10.3. The fourth-order valence-corrected chi connectivity index (χ4v) is 2.93. The molecule has 1 aromatic carbocycles. The van der Waals surface area contributed by atoms with Crippen molar-refractivity contribution in [3.63, 3.8) is 0 Å². The molecule has 0 aliphatic carbocycles. The second-order valence-corrected chi connectivity index (χ2v) is 5.02. The Kier molecular flexibility index (Phi) is 3.91. The van der Waals surface area contributed by atoms with Gasteiger partial charge in [0.15, 0.2) is 0 Å². The van der Waals surface area contributed by atoms with Crippen molar-refractivity contribution < 1.29 is 4.39 Å². The van der Waals surface area contributed by atoms with Crippen LogP contribution in [0.4, 0.5) is 10.2 Å². The molecule has 0 saturated heterocycles. The molecule has 5 heteroatoms. The standard InChI is InChI=1S/C13H16FN3S/c1-9-10(13(15-2)17(3)16-9)8-18-12-7-5-4-6-11(12)14/h4-7,15H,8H2,1-3H3. The lowest BCUT2D eigenvalue weighted by Gasteiger charge is -2.06. The molecule has 0 aliphatic rings. The Hall–Kier alpha value is -1.49. The van der Waals surface area contributed by atoms with Gasteiger partial charge in [0.1, 0.15) is 11.6 Å². The molecule has 2 aromatic rings. The van der Waals surface area contributed by atoms with Crippen molar-refractivity contribution >= 4 is 17.6 Å². The van der Waals surface area contributed by atoms with Crippen LogP contribution in [0.2, 0.25) is 0 Å². The largest absolute Gasteiger partial charge is 0.373 e. The molecule has 0 spiro atoms. The highest BCUT2D eigenvalue weighted by atomic mass is 32.2. The molecular weight excluding hydrogens is 249 g/mol. The van der Waals surface area contributed by atoms with Crippen molar-refractivity contribution in [2.24, 2.45) is 7.05 Å². The van der Waals surface area contributed by atoms with Crippen LogP contribution in [0, 0.1) is 12.7 Å². The maximum atomic E-state index is 13.5. The average molecular weight is 265 g/mol. The van der Waals surface area contributed by atoms with Crippen LogP contribution in [0.3, 0.4) is 0 Å². The van der Waals surface area contributed by atoms with E-state index in [1.54, 1.807) is 12.1 Å². The smallest absolute Gasteiger partial charge is 0.136 e. The minimum atomic E-state index is -0.171. The molecule has 1 aromatic heterocycles. The number of hydrogen-bond donors (Lipinski definition) is 1. The molecule has 3 nitrogen and oxygen atoms in total. The summed E-state index contributed by atoms with van der Waals surface area (Å²) in [5.74, 6) is 1.52. The minimum absolute atomic E-state index is 0.171. The van der Waals surface area contributed by atoms with Gasteiger partial charge in [-0.25, -0.2) is 4.39 Å². The first kappa shape index (κ1) is 13.0. The molecule has 0 fully saturated rings. The molecule has 0 saturated carbocycles. The van der Waals surface area contributed by atoms with E-state index in [-0.39, 0.29) is 5.82 Å². The van der Waals surface area contributed by atoms with Crippen molar-refractivity contribution in [3.05, 3.63) is 41.3 Å². The minimum Gasteiger partial charge on any atom is -0.373 e. The van der Waals surface area contributed by atoms with Crippen LogP contribution in [-0.4, -0.2) is 16.8 Å². The van der Waals surface area contributed by atoms with Crippen molar-refractivity contribution in [1.29, 1.82) is 0 Å². The van der Waals surface area contributed by atoms with Crippen LogP contribution in [0.5, 0.6) is 0 Å². The zero-order valence-electron chi connectivity index (χ0n) is 10.7. The van der Waals surface area contributed by atoms with E-state index >= 15 is 0 Å². The van der Waals surface area contributed by atoms with Crippen molar-refractivity contribution in [2.75, 3.05) is 12.4 Å². The maximum absolute atomic E-state index is 13.5. The van der Waals surface area contributed by atoms with Gasteiger partial charge in [0.05, 0.1) is 5.69 Å². The number of aromatic nitrogens is 2. The second kappa shape index (κ2) is 5.44. The third-order valence-electron chi connectivity index (χ3n) is 2.79. The highest BCUT2D eigenvalue weighted by Crippen LogP contribution is 2.29. The van der Waals surface area contributed by atoms with E-state index in [2.05, 4.69) is 10.4 Å². The van der Waals surface area contributed by atoms with Crippen LogP contribution in [0.1, 0.15) is 11.3 Å². The van der Waals surface area contributed by atoms with E-state index in [0.29, 0.717) is 10.6 Å². The van der Waals surface area contributed by atoms with Crippen LogP contribution in [0.25, 0.3) is 0 Å². The van der Waals surface area contributed by atoms with E-state index in [4.69, 9.17) is 0 Å². The van der Waals surface area contributed by atoms with Gasteiger partial charge in [0.25, 0.3) is 0 Å². The van der Waals surface area contributed by atoms with Gasteiger partial charge in [0, 0.05) is 30.3 Å². The van der Waals surface area contributed by atoms with Crippen molar-refractivity contribution in [2.45, 2.75) is 17.6 Å². The molecule has 0 atom stereocenters. The predicted molar refractivity (Wildman–Crippen MR) is 73.5 cm³/mol. The number of anilines is 1. The number of aryl methyl sites for hydroxylation is 2. The summed E-state index contributed by atoms with van der Waals surface area (Å²) < 4.78 is 15.3. The first-order valence-corrected chi connectivity index (χ1v) is 6.69. The van der Waals surface area contributed by atoms with E-state index in [0.717, 1.165) is 17.1 Å². The maximum Gasteiger partial charge on any atom is 0.136 e. The van der Waals surface area contributed by atoms with E-state index < -0.39 is 0 Å². The molecule has 96 valence electrons. The van der Waals surface area contributed by atoms with Crippen LogP contribution >= 0.6 is 11.8 Å². The topological polar surface area (TPSA) is 29.9 Å². The highest BCUT2D eigenvalue weighted by molar-refractivity contribution is 7.98. The molecule has 0 radical (unpaired) electrons. The van der Waals surface area contributed by atoms with E-state index in [1.807, 2.05) is 31.8 Å². The monoisotopic (exact) mass is 265 g/mol. The fourth-order valence-electron chi connectivity index (χ4n) is 1.90. The lowest BCUT2D eigenvalue weighted by Crippen LogP contribution is -2.00. The number of thioether (sulfide) groups is 1. The van der Waals surface area contributed by atoms with Gasteiger partial charge in [-0.2, -0.15) is 5.10 Å². The molecule has 0 unspecified atom stereocenters. The van der Waals surface area contributed by atoms with Crippen molar-refractivity contribution in [1.82, 2.24) is 9.78 Å². The molecule has 2 rings (SSSR count). The molecule has 0 bridgehead atoms. The summed E-state index contributed by atoms with van der Waals surface area (Å²) in [6, 6.07) is 6.83. The Bertz CT molecular complexity index is 551. The summed E-state index contributed by atoms with van der Waals surface area (Å²) in [5, 5.41) is 7.49. The van der Waals surface area contributed by atoms with Crippen LogP contribution < -0.4 is 5.32 Å². The van der Waals surface area contributed by atoms with Gasteiger partial charge >= 0.3 is 0 Å².